The summed E-state index contributed by atoms with van der Waals surface area (Å²) in [7, 11) is 0. The first-order valence-electron chi connectivity index (χ1n) is 18.1. The maximum Gasteiger partial charge on any atom is 0.142 e. The third-order valence-electron chi connectivity index (χ3n) is 10.2. The Morgan fingerprint density at radius 1 is 0.566 bits per heavy atom. The predicted molar refractivity (Wildman–Crippen MR) is 225 cm³/mol. The van der Waals surface area contributed by atoms with Crippen LogP contribution in [0.4, 0.5) is 17.1 Å². The predicted octanol–water partition coefficient (Wildman–Crippen LogP) is 14.2. The van der Waals surface area contributed by atoms with Gasteiger partial charge < -0.3 is 13.9 Å². The zero-order valence-electron chi connectivity index (χ0n) is 29.6. The molecule has 0 spiro atoms. The molecule has 0 N–H and O–H groups in total. The molecule has 3 heteroatoms. The number of anilines is 3. The first-order valence-corrected chi connectivity index (χ1v) is 18.1. The van der Waals surface area contributed by atoms with Gasteiger partial charge in [0.1, 0.15) is 11.3 Å². The summed E-state index contributed by atoms with van der Waals surface area (Å²) in [6.45, 7) is 5.96. The van der Waals surface area contributed by atoms with Crippen molar-refractivity contribution in [2.24, 2.45) is 0 Å². The largest absolute Gasteiger partial charge is 0.456 e. The van der Waals surface area contributed by atoms with E-state index in [4.69, 9.17) is 4.42 Å². The molecule has 3 nitrogen and oxygen atoms in total. The summed E-state index contributed by atoms with van der Waals surface area (Å²) < 4.78 is 8.82. The smallest absolute Gasteiger partial charge is 0.142 e. The van der Waals surface area contributed by atoms with Gasteiger partial charge >= 0.3 is 0 Å². The van der Waals surface area contributed by atoms with Crippen LogP contribution in [0.1, 0.15) is 17.7 Å². The second-order valence-corrected chi connectivity index (χ2v) is 13.4. The van der Waals surface area contributed by atoms with Crippen LogP contribution >= 0.6 is 0 Å². The molecule has 0 bridgehead atoms. The van der Waals surface area contributed by atoms with E-state index in [1.54, 1.807) is 0 Å². The summed E-state index contributed by atoms with van der Waals surface area (Å²) in [6.07, 6.45) is 6.83. The molecular weight excluding hydrogens is 645 g/mol. The third-order valence-corrected chi connectivity index (χ3v) is 10.2. The molecule has 9 rings (SSSR count). The average Bonchev–Trinajstić information content (AvgIpc) is 3.73. The highest BCUT2D eigenvalue weighted by Gasteiger charge is 2.19. The number of aromatic nitrogens is 1. The zero-order valence-corrected chi connectivity index (χ0v) is 29.6. The fourth-order valence-corrected chi connectivity index (χ4v) is 7.62. The number of allylic oxidation sites excluding steroid dienone is 2. The lowest BCUT2D eigenvalue weighted by molar-refractivity contribution is 0.602. The lowest BCUT2D eigenvalue weighted by atomic mass is 10.00. The number of hydrogen-bond acceptors (Lipinski definition) is 2. The van der Waals surface area contributed by atoms with Gasteiger partial charge in [0.15, 0.2) is 0 Å². The van der Waals surface area contributed by atoms with Gasteiger partial charge in [-0.3, -0.25) is 0 Å². The highest BCUT2D eigenvalue weighted by Crippen LogP contribution is 2.42. The molecule has 2 heterocycles. The second kappa shape index (κ2) is 13.7. The minimum absolute atomic E-state index is 0.805. The van der Waals surface area contributed by atoms with Crippen molar-refractivity contribution in [3.8, 4) is 27.9 Å². The average molecular weight is 683 g/mol. The molecule has 0 atom stereocenters. The van der Waals surface area contributed by atoms with Crippen LogP contribution < -0.4 is 4.90 Å². The Hall–Kier alpha value is -6.84. The fraction of sp³-hybridized carbons (Fsp3) is 0.0400. The Bertz CT molecular complexity index is 2710. The van der Waals surface area contributed by atoms with Gasteiger partial charge in [-0.1, -0.05) is 127 Å². The van der Waals surface area contributed by atoms with E-state index in [2.05, 4.69) is 205 Å². The summed E-state index contributed by atoms with van der Waals surface area (Å²) in [5.74, 6) is 0.890. The minimum Gasteiger partial charge on any atom is -0.456 e. The molecule has 0 unspecified atom stereocenters. The molecule has 254 valence electrons. The molecule has 7 aromatic carbocycles. The first-order chi connectivity index (χ1) is 26.2. The van der Waals surface area contributed by atoms with Gasteiger partial charge in [0, 0.05) is 49.9 Å². The van der Waals surface area contributed by atoms with Crippen LogP contribution in [0.5, 0.6) is 0 Å². The van der Waals surface area contributed by atoms with Crippen LogP contribution in [-0.4, -0.2) is 4.57 Å². The topological polar surface area (TPSA) is 21.3 Å². The normalized spacial score (nSPS) is 11.6. The molecule has 2 aromatic heterocycles. The maximum atomic E-state index is 6.45. The molecule has 0 saturated heterocycles. The Balaban J connectivity index is 1.11. The summed E-state index contributed by atoms with van der Waals surface area (Å²) in [4.78, 5) is 2.35. The van der Waals surface area contributed by atoms with Gasteiger partial charge in [-0.05, 0) is 85.1 Å². The molecule has 0 aliphatic rings. The summed E-state index contributed by atoms with van der Waals surface area (Å²) in [5.41, 5.74) is 13.4. The van der Waals surface area contributed by atoms with Crippen molar-refractivity contribution in [1.82, 2.24) is 4.57 Å². The van der Waals surface area contributed by atoms with E-state index in [1.165, 1.54) is 21.8 Å². The minimum atomic E-state index is 0.805. The SMILES string of the molecule is C=CC/C=C\c1oc2c(-c3ccc(N(c4ccccc4)c4ccccc4-c4ccc(-n5c6ccccc6c6ccccc65)cc4)cc3)cccc2c1C. The lowest BCUT2D eigenvalue weighted by Crippen LogP contribution is -2.11. The van der Waals surface area contributed by atoms with Crippen molar-refractivity contribution in [1.29, 1.82) is 0 Å². The summed E-state index contributed by atoms with van der Waals surface area (Å²) in [5, 5.41) is 3.66. The van der Waals surface area contributed by atoms with Crippen molar-refractivity contribution in [3.63, 3.8) is 0 Å². The van der Waals surface area contributed by atoms with Gasteiger partial charge in [-0.2, -0.15) is 0 Å². The molecular formula is C50H38N2O. The van der Waals surface area contributed by atoms with Crippen molar-refractivity contribution in [2.45, 2.75) is 13.3 Å². The summed E-state index contributed by atoms with van der Waals surface area (Å²) >= 11 is 0. The first kappa shape index (κ1) is 32.1. The Morgan fingerprint density at radius 3 is 1.85 bits per heavy atom. The van der Waals surface area contributed by atoms with E-state index < -0.39 is 0 Å². The number of fused-ring (bicyclic) bond motifs is 4. The van der Waals surface area contributed by atoms with E-state index >= 15 is 0 Å². The molecule has 0 aliphatic heterocycles. The molecule has 0 saturated carbocycles. The van der Waals surface area contributed by atoms with Crippen LogP contribution in [0.15, 0.2) is 193 Å². The molecule has 9 aromatic rings. The number of benzene rings is 7. The van der Waals surface area contributed by atoms with E-state index in [0.29, 0.717) is 0 Å². The number of rotatable bonds is 9. The van der Waals surface area contributed by atoms with Crippen molar-refractivity contribution in [2.75, 3.05) is 4.90 Å². The molecule has 0 fully saturated rings. The van der Waals surface area contributed by atoms with E-state index in [0.717, 1.165) is 73.7 Å². The number of aryl methyl sites for hydroxylation is 1. The maximum absolute atomic E-state index is 6.45. The van der Waals surface area contributed by atoms with E-state index in [1.807, 2.05) is 6.08 Å². The summed E-state index contributed by atoms with van der Waals surface area (Å²) in [6, 6.07) is 60.8. The number of nitrogens with zero attached hydrogens (tertiary/aromatic N) is 2. The molecule has 0 amide bonds. The van der Waals surface area contributed by atoms with E-state index in [-0.39, 0.29) is 0 Å². The van der Waals surface area contributed by atoms with Crippen molar-refractivity contribution >= 4 is 55.9 Å². The highest BCUT2D eigenvalue weighted by molar-refractivity contribution is 6.09. The number of hydrogen-bond donors (Lipinski definition) is 0. The number of para-hydroxylation sites is 5. The van der Waals surface area contributed by atoms with Crippen LogP contribution in [0, 0.1) is 6.92 Å². The van der Waals surface area contributed by atoms with Gasteiger partial charge in [-0.15, -0.1) is 6.58 Å². The highest BCUT2D eigenvalue weighted by atomic mass is 16.3. The van der Waals surface area contributed by atoms with E-state index in [9.17, 15) is 0 Å². The van der Waals surface area contributed by atoms with Gasteiger partial charge in [-0.25, -0.2) is 0 Å². The third kappa shape index (κ3) is 5.73. The van der Waals surface area contributed by atoms with Crippen LogP contribution in [0.25, 0.3) is 66.8 Å². The Morgan fingerprint density at radius 2 is 1.13 bits per heavy atom. The molecule has 0 aliphatic carbocycles. The van der Waals surface area contributed by atoms with Crippen LogP contribution in [0.3, 0.4) is 0 Å². The molecule has 53 heavy (non-hydrogen) atoms. The van der Waals surface area contributed by atoms with Gasteiger partial charge in [0.25, 0.3) is 0 Å². The standard InChI is InChI=1S/C50H38N2O/c1-3-4-6-26-49-35(2)41-21-15-22-43(50(41)53-49)37-29-31-39(32-30-37)51(38-16-7-5-8-17-38)46-23-12-9-18-42(46)36-27-33-40(34-28-36)52-47-24-13-10-19-44(47)45-20-11-14-25-48(45)52/h3,5-34H,1,4H2,2H3/b26-6-. The monoisotopic (exact) mass is 682 g/mol. The Labute approximate surface area is 310 Å². The zero-order chi connectivity index (χ0) is 35.7. The Kier molecular flexibility index (Phi) is 8.30. The fourth-order valence-electron chi connectivity index (χ4n) is 7.62. The van der Waals surface area contributed by atoms with Gasteiger partial charge in [0.05, 0.1) is 16.7 Å². The second-order valence-electron chi connectivity index (χ2n) is 13.4. The van der Waals surface area contributed by atoms with Crippen LogP contribution in [-0.2, 0) is 0 Å². The van der Waals surface area contributed by atoms with Gasteiger partial charge in [0.2, 0.25) is 0 Å². The quantitative estimate of drug-likeness (QED) is 0.141. The van der Waals surface area contributed by atoms with Crippen LogP contribution in [0.2, 0.25) is 0 Å². The lowest BCUT2D eigenvalue weighted by Gasteiger charge is -2.28. The van der Waals surface area contributed by atoms with Crippen molar-refractivity contribution in [3.05, 3.63) is 200 Å². The van der Waals surface area contributed by atoms with Crippen molar-refractivity contribution < 1.29 is 4.42 Å². The molecule has 0 radical (unpaired) electrons. The number of furan rings is 1.